The maximum Gasteiger partial charge on any atom is 0.352 e. The highest BCUT2D eigenvalue weighted by Crippen LogP contribution is 2.24. The van der Waals surface area contributed by atoms with E-state index in [9.17, 15) is 14.0 Å². The molecule has 0 radical (unpaired) electrons. The first-order valence-corrected chi connectivity index (χ1v) is 6.12. The second kappa shape index (κ2) is 5.51. The minimum atomic E-state index is -2.63. The Balaban J connectivity index is 2.98. The van der Waals surface area contributed by atoms with Gasteiger partial charge in [-0.15, -0.1) is 0 Å². The Hall–Kier alpha value is -1.71. The SMILES string of the molecule is CC(=O)[C@@](F)(Cc1ccccc1)C(=O)OC(C)(C)C. The Bertz CT molecular complexity index is 462. The Labute approximate surface area is 112 Å². The molecular formula is C15H19FO3. The maximum absolute atomic E-state index is 14.7. The molecule has 0 amide bonds. The third kappa shape index (κ3) is 4.16. The summed E-state index contributed by atoms with van der Waals surface area (Å²) in [6, 6.07) is 8.57. The van der Waals surface area contributed by atoms with E-state index in [1.807, 2.05) is 0 Å². The van der Waals surface area contributed by atoms with Gasteiger partial charge in [-0.25, -0.2) is 9.18 Å². The van der Waals surface area contributed by atoms with E-state index in [4.69, 9.17) is 4.74 Å². The van der Waals surface area contributed by atoms with Gasteiger partial charge in [0.25, 0.3) is 5.67 Å². The molecule has 0 unspecified atom stereocenters. The van der Waals surface area contributed by atoms with Gasteiger partial charge in [-0.05, 0) is 33.3 Å². The van der Waals surface area contributed by atoms with E-state index in [-0.39, 0.29) is 6.42 Å². The van der Waals surface area contributed by atoms with E-state index in [0.717, 1.165) is 6.92 Å². The molecule has 1 aromatic carbocycles. The molecule has 0 N–H and O–H groups in total. The summed E-state index contributed by atoms with van der Waals surface area (Å²) in [6.07, 6.45) is -0.307. The third-order valence-electron chi connectivity index (χ3n) is 2.57. The summed E-state index contributed by atoms with van der Waals surface area (Å²) in [5.41, 5.74) is -2.89. The molecule has 104 valence electrons. The molecule has 1 atom stereocenters. The molecule has 0 heterocycles. The van der Waals surface area contributed by atoms with Crippen molar-refractivity contribution in [2.45, 2.75) is 45.4 Å². The van der Waals surface area contributed by atoms with Crippen LogP contribution in [0.3, 0.4) is 0 Å². The summed E-state index contributed by atoms with van der Waals surface area (Å²) < 4.78 is 19.7. The number of Topliss-reactive ketones (excluding diaryl/α,β-unsaturated/α-hetero) is 1. The highest BCUT2D eigenvalue weighted by atomic mass is 19.1. The number of esters is 1. The van der Waals surface area contributed by atoms with Crippen LogP contribution in [0.25, 0.3) is 0 Å². The first-order valence-electron chi connectivity index (χ1n) is 6.12. The average molecular weight is 266 g/mol. The Morgan fingerprint density at radius 1 is 1.16 bits per heavy atom. The largest absolute Gasteiger partial charge is 0.457 e. The minimum Gasteiger partial charge on any atom is -0.457 e. The van der Waals surface area contributed by atoms with Gasteiger partial charge in [0, 0.05) is 6.42 Å². The van der Waals surface area contributed by atoms with Crippen molar-refractivity contribution in [3.05, 3.63) is 35.9 Å². The van der Waals surface area contributed by atoms with Crippen LogP contribution in [0.2, 0.25) is 0 Å². The van der Waals surface area contributed by atoms with Gasteiger partial charge in [0.05, 0.1) is 0 Å². The van der Waals surface area contributed by atoms with Crippen LogP contribution in [0, 0.1) is 0 Å². The number of alkyl halides is 1. The summed E-state index contributed by atoms with van der Waals surface area (Å²) in [5.74, 6) is -1.97. The van der Waals surface area contributed by atoms with Crippen LogP contribution >= 0.6 is 0 Å². The van der Waals surface area contributed by atoms with Crippen molar-refractivity contribution in [2.75, 3.05) is 0 Å². The quantitative estimate of drug-likeness (QED) is 0.621. The second-order valence-corrected chi connectivity index (χ2v) is 5.52. The van der Waals surface area contributed by atoms with Crippen molar-refractivity contribution >= 4 is 11.8 Å². The Morgan fingerprint density at radius 2 is 1.68 bits per heavy atom. The summed E-state index contributed by atoms with van der Waals surface area (Å²) >= 11 is 0. The molecule has 0 bridgehead atoms. The molecule has 0 aliphatic rings. The predicted octanol–water partition coefficient (Wildman–Crippen LogP) is 2.87. The molecule has 0 aliphatic heterocycles. The van der Waals surface area contributed by atoms with E-state index in [1.54, 1.807) is 51.1 Å². The van der Waals surface area contributed by atoms with Gasteiger partial charge in [-0.3, -0.25) is 4.79 Å². The number of carbonyl (C=O) groups is 2. The lowest BCUT2D eigenvalue weighted by Gasteiger charge is -2.26. The molecule has 3 nitrogen and oxygen atoms in total. The minimum absolute atomic E-state index is 0.307. The van der Waals surface area contributed by atoms with E-state index in [1.165, 1.54) is 0 Å². The molecule has 1 rings (SSSR count). The first kappa shape index (κ1) is 15.3. The van der Waals surface area contributed by atoms with Gasteiger partial charge in [0.1, 0.15) is 5.60 Å². The van der Waals surface area contributed by atoms with Crippen molar-refractivity contribution in [1.82, 2.24) is 0 Å². The lowest BCUT2D eigenvalue weighted by molar-refractivity contribution is -0.172. The smallest absolute Gasteiger partial charge is 0.352 e. The van der Waals surface area contributed by atoms with Crippen molar-refractivity contribution < 1.29 is 18.7 Å². The number of carbonyl (C=O) groups excluding carboxylic acids is 2. The van der Waals surface area contributed by atoms with Crippen molar-refractivity contribution in [3.63, 3.8) is 0 Å². The Kier molecular flexibility index (Phi) is 4.45. The highest BCUT2D eigenvalue weighted by molar-refractivity contribution is 6.06. The van der Waals surface area contributed by atoms with E-state index < -0.39 is 23.0 Å². The monoisotopic (exact) mass is 266 g/mol. The average Bonchev–Trinajstić information content (AvgIpc) is 2.27. The zero-order valence-electron chi connectivity index (χ0n) is 11.7. The number of halogens is 1. The standard InChI is InChI=1S/C15H19FO3/c1-11(17)15(16,13(18)19-14(2,3)4)10-12-8-6-5-7-9-12/h5-9H,10H2,1-4H3/t15-/m0/s1. The molecule has 0 fully saturated rings. The number of hydrogen-bond acceptors (Lipinski definition) is 3. The molecular weight excluding hydrogens is 247 g/mol. The summed E-state index contributed by atoms with van der Waals surface area (Å²) in [4.78, 5) is 23.4. The van der Waals surface area contributed by atoms with Crippen LogP contribution in [0.4, 0.5) is 4.39 Å². The topological polar surface area (TPSA) is 43.4 Å². The maximum atomic E-state index is 14.7. The van der Waals surface area contributed by atoms with Gasteiger partial charge in [0.15, 0.2) is 5.78 Å². The molecule has 0 saturated heterocycles. The number of hydrogen-bond donors (Lipinski definition) is 0. The van der Waals surface area contributed by atoms with Crippen LogP contribution in [-0.4, -0.2) is 23.0 Å². The van der Waals surface area contributed by atoms with Crippen molar-refractivity contribution in [3.8, 4) is 0 Å². The second-order valence-electron chi connectivity index (χ2n) is 5.52. The van der Waals surface area contributed by atoms with Crippen LogP contribution in [0.15, 0.2) is 30.3 Å². The zero-order valence-corrected chi connectivity index (χ0v) is 11.7. The lowest BCUT2D eigenvalue weighted by atomic mass is 9.92. The van der Waals surface area contributed by atoms with Gasteiger partial charge < -0.3 is 4.74 Å². The fourth-order valence-corrected chi connectivity index (χ4v) is 1.58. The van der Waals surface area contributed by atoms with Crippen molar-refractivity contribution in [1.29, 1.82) is 0 Å². The number of rotatable bonds is 4. The zero-order chi connectivity index (χ0) is 14.7. The van der Waals surface area contributed by atoms with Gasteiger partial charge >= 0.3 is 5.97 Å². The lowest BCUT2D eigenvalue weighted by Crippen LogP contribution is -2.47. The predicted molar refractivity (Wildman–Crippen MR) is 70.5 cm³/mol. The van der Waals surface area contributed by atoms with Crippen molar-refractivity contribution in [2.24, 2.45) is 0 Å². The summed E-state index contributed by atoms with van der Waals surface area (Å²) in [5, 5.41) is 0. The summed E-state index contributed by atoms with van der Waals surface area (Å²) in [7, 11) is 0. The van der Waals surface area contributed by atoms with Crippen LogP contribution in [0.1, 0.15) is 33.3 Å². The van der Waals surface area contributed by atoms with Crippen LogP contribution < -0.4 is 0 Å². The fourth-order valence-electron chi connectivity index (χ4n) is 1.58. The van der Waals surface area contributed by atoms with Gasteiger partial charge in [-0.1, -0.05) is 30.3 Å². The number of ether oxygens (including phenoxy) is 1. The van der Waals surface area contributed by atoms with Gasteiger partial charge in [0.2, 0.25) is 0 Å². The Morgan fingerprint density at radius 3 is 2.11 bits per heavy atom. The van der Waals surface area contributed by atoms with E-state index in [2.05, 4.69) is 0 Å². The third-order valence-corrected chi connectivity index (χ3v) is 2.57. The van der Waals surface area contributed by atoms with Crippen LogP contribution in [-0.2, 0) is 20.7 Å². The molecule has 1 aromatic rings. The normalized spacial score (nSPS) is 14.6. The highest BCUT2D eigenvalue weighted by Gasteiger charge is 2.46. The number of benzene rings is 1. The fraction of sp³-hybridized carbons (Fsp3) is 0.467. The number of ketones is 1. The molecule has 0 aliphatic carbocycles. The van der Waals surface area contributed by atoms with E-state index >= 15 is 0 Å². The molecule has 19 heavy (non-hydrogen) atoms. The molecule has 0 spiro atoms. The molecule has 0 saturated carbocycles. The molecule has 4 heteroatoms. The molecule has 0 aromatic heterocycles. The van der Waals surface area contributed by atoms with Gasteiger partial charge in [-0.2, -0.15) is 0 Å². The summed E-state index contributed by atoms with van der Waals surface area (Å²) in [6.45, 7) is 5.96. The first-order chi connectivity index (χ1) is 8.65. The van der Waals surface area contributed by atoms with E-state index in [0.29, 0.717) is 5.56 Å². The van der Waals surface area contributed by atoms with Crippen LogP contribution in [0.5, 0.6) is 0 Å².